The largest absolute Gasteiger partial charge is 0.369 e. The van der Waals surface area contributed by atoms with E-state index < -0.39 is 0 Å². The summed E-state index contributed by atoms with van der Waals surface area (Å²) in [6, 6.07) is 6.69. The van der Waals surface area contributed by atoms with Crippen molar-refractivity contribution in [2.24, 2.45) is 0 Å². The predicted octanol–water partition coefficient (Wildman–Crippen LogP) is 3.14. The van der Waals surface area contributed by atoms with Gasteiger partial charge in [-0.2, -0.15) is 0 Å². The van der Waals surface area contributed by atoms with Crippen LogP contribution in [0.4, 0.5) is 5.69 Å². The lowest BCUT2D eigenvalue weighted by Crippen LogP contribution is -2.46. The van der Waals surface area contributed by atoms with Crippen LogP contribution >= 0.6 is 0 Å². The standard InChI is InChI=1S/C16H26N2/c1-5-14-9-6-8-13(2)15(14)18-11-7-10-17-16(3,4)12-18/h6,8-9,17H,5,7,10-12H2,1-4H3. The van der Waals surface area contributed by atoms with E-state index in [1.165, 1.54) is 23.2 Å². The predicted molar refractivity (Wildman–Crippen MR) is 79.5 cm³/mol. The van der Waals surface area contributed by atoms with Crippen molar-refractivity contribution in [1.82, 2.24) is 5.32 Å². The van der Waals surface area contributed by atoms with E-state index in [9.17, 15) is 0 Å². The van der Waals surface area contributed by atoms with Gasteiger partial charge in [0, 0.05) is 24.3 Å². The normalized spacial score (nSPS) is 19.7. The zero-order chi connectivity index (χ0) is 13.2. The minimum Gasteiger partial charge on any atom is -0.369 e. The van der Waals surface area contributed by atoms with Crippen LogP contribution in [0.5, 0.6) is 0 Å². The highest BCUT2D eigenvalue weighted by Crippen LogP contribution is 2.28. The minimum absolute atomic E-state index is 0.198. The van der Waals surface area contributed by atoms with Crippen molar-refractivity contribution in [3.8, 4) is 0 Å². The molecular formula is C16H26N2. The molecule has 0 aliphatic carbocycles. The summed E-state index contributed by atoms with van der Waals surface area (Å²) in [5.41, 5.74) is 4.56. The molecule has 0 unspecified atom stereocenters. The maximum Gasteiger partial charge on any atom is 0.0429 e. The first-order valence-electron chi connectivity index (χ1n) is 7.12. The molecule has 1 heterocycles. The molecule has 0 saturated carbocycles. The summed E-state index contributed by atoms with van der Waals surface area (Å²) in [5.74, 6) is 0. The van der Waals surface area contributed by atoms with Gasteiger partial charge >= 0.3 is 0 Å². The van der Waals surface area contributed by atoms with Gasteiger partial charge in [-0.05, 0) is 51.3 Å². The van der Waals surface area contributed by atoms with Gasteiger partial charge in [0.05, 0.1) is 0 Å². The first kappa shape index (κ1) is 13.4. The van der Waals surface area contributed by atoms with Gasteiger partial charge in [0.25, 0.3) is 0 Å². The van der Waals surface area contributed by atoms with Crippen LogP contribution in [0.3, 0.4) is 0 Å². The van der Waals surface area contributed by atoms with Crippen LogP contribution in [0.15, 0.2) is 18.2 Å². The van der Waals surface area contributed by atoms with Crippen LogP contribution in [0, 0.1) is 6.92 Å². The highest BCUT2D eigenvalue weighted by Gasteiger charge is 2.25. The Labute approximate surface area is 111 Å². The lowest BCUT2D eigenvalue weighted by atomic mass is 10.0. The van der Waals surface area contributed by atoms with E-state index in [1.54, 1.807) is 0 Å². The van der Waals surface area contributed by atoms with E-state index in [0.717, 1.165) is 26.1 Å². The molecule has 2 nitrogen and oxygen atoms in total. The Balaban J connectivity index is 2.35. The van der Waals surface area contributed by atoms with Crippen LogP contribution in [-0.4, -0.2) is 25.2 Å². The lowest BCUT2D eigenvalue weighted by Gasteiger charge is -2.33. The van der Waals surface area contributed by atoms with Gasteiger partial charge in [-0.1, -0.05) is 25.1 Å². The molecule has 100 valence electrons. The lowest BCUT2D eigenvalue weighted by molar-refractivity contribution is 0.416. The SMILES string of the molecule is CCc1cccc(C)c1N1CCCNC(C)(C)C1. The number of nitrogens with one attached hydrogen (secondary N) is 1. The van der Waals surface area contributed by atoms with Crippen molar-refractivity contribution in [3.05, 3.63) is 29.3 Å². The average molecular weight is 246 g/mol. The average Bonchev–Trinajstić information content (AvgIpc) is 2.49. The van der Waals surface area contributed by atoms with Crippen LogP contribution in [-0.2, 0) is 6.42 Å². The van der Waals surface area contributed by atoms with E-state index in [0.29, 0.717) is 0 Å². The van der Waals surface area contributed by atoms with Gasteiger partial charge in [0.1, 0.15) is 0 Å². The first-order chi connectivity index (χ1) is 8.53. The van der Waals surface area contributed by atoms with Crippen LogP contribution in [0.1, 0.15) is 38.3 Å². The Kier molecular flexibility index (Phi) is 3.96. The van der Waals surface area contributed by atoms with Gasteiger partial charge in [0.2, 0.25) is 0 Å². The fourth-order valence-electron chi connectivity index (χ4n) is 2.96. The van der Waals surface area contributed by atoms with E-state index in [-0.39, 0.29) is 5.54 Å². The molecule has 0 bridgehead atoms. The van der Waals surface area contributed by atoms with Crippen molar-refractivity contribution in [2.45, 2.75) is 46.1 Å². The van der Waals surface area contributed by atoms with Gasteiger partial charge in [0.15, 0.2) is 0 Å². The fourth-order valence-corrected chi connectivity index (χ4v) is 2.96. The van der Waals surface area contributed by atoms with Crippen molar-refractivity contribution in [2.75, 3.05) is 24.5 Å². The number of para-hydroxylation sites is 1. The number of anilines is 1. The van der Waals surface area contributed by atoms with Crippen LogP contribution in [0.2, 0.25) is 0 Å². The molecule has 18 heavy (non-hydrogen) atoms. The summed E-state index contributed by atoms with van der Waals surface area (Å²) >= 11 is 0. The molecule has 2 heteroatoms. The van der Waals surface area contributed by atoms with E-state index in [2.05, 4.69) is 56.1 Å². The first-order valence-corrected chi connectivity index (χ1v) is 7.12. The molecular weight excluding hydrogens is 220 g/mol. The Hall–Kier alpha value is -1.02. The monoisotopic (exact) mass is 246 g/mol. The smallest absolute Gasteiger partial charge is 0.0429 e. The van der Waals surface area contributed by atoms with Crippen molar-refractivity contribution in [1.29, 1.82) is 0 Å². The third-order valence-corrected chi connectivity index (χ3v) is 3.81. The molecule has 1 N–H and O–H groups in total. The van der Waals surface area contributed by atoms with Gasteiger partial charge in [-0.3, -0.25) is 0 Å². The number of hydrogen-bond acceptors (Lipinski definition) is 2. The maximum atomic E-state index is 3.64. The second-order valence-electron chi connectivity index (χ2n) is 6.02. The molecule has 0 amide bonds. The van der Waals surface area contributed by atoms with Crippen molar-refractivity contribution >= 4 is 5.69 Å². The highest BCUT2D eigenvalue weighted by atomic mass is 15.2. The summed E-state index contributed by atoms with van der Waals surface area (Å²) < 4.78 is 0. The molecule has 2 rings (SSSR count). The summed E-state index contributed by atoms with van der Waals surface area (Å²) in [5, 5.41) is 3.64. The molecule has 0 atom stereocenters. The second kappa shape index (κ2) is 5.31. The fraction of sp³-hybridized carbons (Fsp3) is 0.625. The summed E-state index contributed by atoms with van der Waals surface area (Å²) in [6.07, 6.45) is 2.34. The summed E-state index contributed by atoms with van der Waals surface area (Å²) in [6.45, 7) is 12.5. The summed E-state index contributed by atoms with van der Waals surface area (Å²) in [4.78, 5) is 2.58. The minimum atomic E-state index is 0.198. The van der Waals surface area contributed by atoms with E-state index >= 15 is 0 Å². The zero-order valence-corrected chi connectivity index (χ0v) is 12.2. The molecule has 0 radical (unpaired) electrons. The van der Waals surface area contributed by atoms with Crippen LogP contribution in [0.25, 0.3) is 0 Å². The number of rotatable bonds is 2. The van der Waals surface area contributed by atoms with Gasteiger partial charge in [-0.25, -0.2) is 0 Å². The van der Waals surface area contributed by atoms with Crippen molar-refractivity contribution < 1.29 is 0 Å². The molecule has 0 spiro atoms. The second-order valence-corrected chi connectivity index (χ2v) is 6.02. The number of benzene rings is 1. The quantitative estimate of drug-likeness (QED) is 0.862. The Morgan fingerprint density at radius 3 is 2.83 bits per heavy atom. The molecule has 1 aliphatic rings. The Bertz CT molecular complexity index is 410. The highest BCUT2D eigenvalue weighted by molar-refractivity contribution is 5.59. The van der Waals surface area contributed by atoms with Crippen LogP contribution < -0.4 is 10.2 Å². The molecule has 1 aromatic carbocycles. The van der Waals surface area contributed by atoms with Gasteiger partial charge < -0.3 is 10.2 Å². The van der Waals surface area contributed by atoms with E-state index in [1.807, 2.05) is 0 Å². The third-order valence-electron chi connectivity index (χ3n) is 3.81. The summed E-state index contributed by atoms with van der Waals surface area (Å²) in [7, 11) is 0. The zero-order valence-electron chi connectivity index (χ0n) is 12.2. The molecule has 0 aromatic heterocycles. The van der Waals surface area contributed by atoms with Crippen molar-refractivity contribution in [3.63, 3.8) is 0 Å². The molecule has 1 fully saturated rings. The molecule has 1 aromatic rings. The topological polar surface area (TPSA) is 15.3 Å². The van der Waals surface area contributed by atoms with E-state index in [4.69, 9.17) is 0 Å². The third kappa shape index (κ3) is 2.86. The van der Waals surface area contributed by atoms with Gasteiger partial charge in [-0.15, -0.1) is 0 Å². The number of nitrogens with zero attached hydrogens (tertiary/aromatic N) is 1. The Morgan fingerprint density at radius 1 is 1.33 bits per heavy atom. The number of hydrogen-bond donors (Lipinski definition) is 1. The molecule has 1 aliphatic heterocycles. The maximum absolute atomic E-state index is 3.64. The molecule has 1 saturated heterocycles. The Morgan fingerprint density at radius 2 is 2.11 bits per heavy atom. The number of aryl methyl sites for hydroxylation is 2.